The molecule has 4 heteroatoms. The minimum atomic E-state index is -1.12. The quantitative estimate of drug-likeness (QED) is 0.215. The zero-order chi connectivity index (χ0) is 26.2. The van der Waals surface area contributed by atoms with Crippen LogP contribution in [-0.4, -0.2) is 23.8 Å². The highest BCUT2D eigenvalue weighted by Gasteiger charge is 2.50. The molecule has 0 saturated heterocycles. The molecule has 0 saturated carbocycles. The van der Waals surface area contributed by atoms with E-state index in [0.717, 1.165) is 22.3 Å². The van der Waals surface area contributed by atoms with Crippen LogP contribution in [0.5, 0.6) is 0 Å². The van der Waals surface area contributed by atoms with Crippen LogP contribution in [0.15, 0.2) is 94.0 Å². The first-order valence-electron chi connectivity index (χ1n) is 12.0. The van der Waals surface area contributed by atoms with Gasteiger partial charge in [-0.3, -0.25) is 9.59 Å². The molecule has 0 heterocycles. The van der Waals surface area contributed by atoms with Crippen molar-refractivity contribution in [2.45, 2.75) is 60.8 Å². The van der Waals surface area contributed by atoms with Crippen molar-refractivity contribution in [3.05, 3.63) is 99.6 Å². The van der Waals surface area contributed by atoms with Gasteiger partial charge >= 0.3 is 0 Å². The summed E-state index contributed by atoms with van der Waals surface area (Å²) >= 11 is 0. The van der Waals surface area contributed by atoms with Crippen molar-refractivity contribution in [3.8, 4) is 0 Å². The van der Waals surface area contributed by atoms with Crippen molar-refractivity contribution in [2.24, 2.45) is 5.41 Å². The maximum absolute atomic E-state index is 14.1. The van der Waals surface area contributed by atoms with Crippen molar-refractivity contribution >= 4 is 17.6 Å². The summed E-state index contributed by atoms with van der Waals surface area (Å²) in [5.41, 5.74) is 3.20. The molecule has 0 aromatic heterocycles. The molecule has 35 heavy (non-hydrogen) atoms. The van der Waals surface area contributed by atoms with Gasteiger partial charge in [-0.05, 0) is 72.4 Å². The lowest BCUT2D eigenvalue weighted by atomic mass is 9.66. The molecule has 0 fully saturated rings. The van der Waals surface area contributed by atoms with E-state index >= 15 is 0 Å². The third-order valence-electron chi connectivity index (χ3n) is 6.00. The Kier molecular flexibility index (Phi) is 9.82. The van der Waals surface area contributed by atoms with Crippen LogP contribution >= 0.6 is 0 Å². The summed E-state index contributed by atoms with van der Waals surface area (Å²) in [5, 5.41) is 11.3. The highest BCUT2D eigenvalue weighted by atomic mass is 16.5. The fourth-order valence-corrected chi connectivity index (χ4v) is 4.07. The van der Waals surface area contributed by atoms with Crippen LogP contribution in [0.3, 0.4) is 0 Å². The zero-order valence-electron chi connectivity index (χ0n) is 22.1. The monoisotopic (exact) mass is 474 g/mol. The molecule has 1 aliphatic rings. The lowest BCUT2D eigenvalue weighted by Gasteiger charge is -2.38. The van der Waals surface area contributed by atoms with Gasteiger partial charge in [0.05, 0.1) is 12.5 Å². The van der Waals surface area contributed by atoms with Crippen molar-refractivity contribution < 1.29 is 19.4 Å². The highest BCUT2D eigenvalue weighted by Crippen LogP contribution is 2.48. The second-order valence-electron chi connectivity index (χ2n) is 9.71. The van der Waals surface area contributed by atoms with Crippen molar-refractivity contribution in [2.75, 3.05) is 7.11 Å². The van der Waals surface area contributed by atoms with Gasteiger partial charge in [0.1, 0.15) is 17.1 Å². The first-order chi connectivity index (χ1) is 16.5. The van der Waals surface area contributed by atoms with Crippen LogP contribution in [0.1, 0.15) is 66.4 Å². The Labute approximate surface area is 210 Å². The van der Waals surface area contributed by atoms with Crippen LogP contribution in [0.2, 0.25) is 0 Å². The third kappa shape index (κ3) is 6.82. The Bertz CT molecular complexity index is 1110. The third-order valence-corrected chi connectivity index (χ3v) is 6.00. The molecule has 186 valence electrons. The molecule has 0 unspecified atom stereocenters. The van der Waals surface area contributed by atoms with Crippen LogP contribution in [0.4, 0.5) is 0 Å². The number of aliphatic hydroxyl groups is 1. The molecular weight excluding hydrogens is 436 g/mol. The maximum Gasteiger partial charge on any atom is 0.193 e. The fourth-order valence-electron chi connectivity index (χ4n) is 4.07. The molecule has 1 N–H and O–H groups in total. The van der Waals surface area contributed by atoms with E-state index in [4.69, 9.17) is 4.74 Å². The van der Waals surface area contributed by atoms with Gasteiger partial charge in [-0.2, -0.15) is 0 Å². The van der Waals surface area contributed by atoms with Gasteiger partial charge in [0.2, 0.25) is 0 Å². The van der Waals surface area contributed by atoms with E-state index in [9.17, 15) is 14.7 Å². The number of hydrogen-bond donors (Lipinski definition) is 1. The van der Waals surface area contributed by atoms with E-state index < -0.39 is 17.0 Å². The molecule has 1 aliphatic carbocycles. The highest BCUT2D eigenvalue weighted by molar-refractivity contribution is 6.28. The van der Waals surface area contributed by atoms with Gasteiger partial charge in [0.15, 0.2) is 11.6 Å². The van der Waals surface area contributed by atoms with E-state index in [2.05, 4.69) is 0 Å². The summed E-state index contributed by atoms with van der Waals surface area (Å²) in [6, 6.07) is 9.39. The van der Waals surface area contributed by atoms with Crippen LogP contribution in [0.25, 0.3) is 6.08 Å². The molecule has 0 atom stereocenters. The second kappa shape index (κ2) is 12.3. The van der Waals surface area contributed by atoms with E-state index in [0.29, 0.717) is 30.6 Å². The Morgan fingerprint density at radius 2 is 1.46 bits per heavy atom. The molecule has 0 radical (unpaired) electrons. The van der Waals surface area contributed by atoms with Gasteiger partial charge in [-0.1, -0.05) is 71.4 Å². The van der Waals surface area contributed by atoms with Gasteiger partial charge in [0.25, 0.3) is 0 Å². The summed E-state index contributed by atoms with van der Waals surface area (Å²) in [4.78, 5) is 27.5. The number of aliphatic hydroxyl groups excluding tert-OH is 1. The minimum absolute atomic E-state index is 0.181. The molecule has 0 aliphatic heterocycles. The second-order valence-corrected chi connectivity index (χ2v) is 9.71. The van der Waals surface area contributed by atoms with Gasteiger partial charge in [-0.15, -0.1) is 0 Å². The average molecular weight is 475 g/mol. The minimum Gasteiger partial charge on any atom is -0.507 e. The number of ether oxygens (including phenoxy) is 1. The lowest BCUT2D eigenvalue weighted by Crippen LogP contribution is -2.41. The Balaban J connectivity index is 2.78. The predicted octanol–water partition coefficient (Wildman–Crippen LogP) is 7.62. The standard InChI is InChI=1S/C31H38O4/c1-21(2)13-15-25-28(33)27(26(32)16-14-24-11-9-8-10-12-24)29(34)31(30(25)35-7,19-17-22(3)4)20-18-23(5)6/h8-14,16-18,33H,15,19-20H2,1-7H3/b16-14+. The summed E-state index contributed by atoms with van der Waals surface area (Å²) in [7, 11) is 1.53. The molecule has 2 rings (SSSR count). The number of allylic oxidation sites excluding steroid dienone is 10. The molecule has 0 bridgehead atoms. The number of Topliss-reactive ketones (excluding diaryl/α,β-unsaturated/α-hetero) is 1. The average Bonchev–Trinajstić information content (AvgIpc) is 2.81. The van der Waals surface area contributed by atoms with Gasteiger partial charge in [-0.25, -0.2) is 0 Å². The first-order valence-corrected chi connectivity index (χ1v) is 12.0. The molecule has 1 aromatic rings. The predicted molar refractivity (Wildman–Crippen MR) is 144 cm³/mol. The molecule has 0 amide bonds. The van der Waals surface area contributed by atoms with E-state index in [1.807, 2.05) is 90.1 Å². The SMILES string of the molecule is COC1=C(CC=C(C)C)C(O)=C(C(=O)/C=C/c2ccccc2)C(=O)C1(CC=C(C)C)CC=C(C)C. The Morgan fingerprint density at radius 3 is 1.94 bits per heavy atom. The summed E-state index contributed by atoms with van der Waals surface area (Å²) in [6.45, 7) is 11.8. The van der Waals surface area contributed by atoms with E-state index in [1.54, 1.807) is 6.08 Å². The number of rotatable bonds is 10. The molecular formula is C31H38O4. The van der Waals surface area contributed by atoms with Crippen LogP contribution in [-0.2, 0) is 14.3 Å². The van der Waals surface area contributed by atoms with Crippen molar-refractivity contribution in [1.82, 2.24) is 0 Å². The largest absolute Gasteiger partial charge is 0.507 e. The molecule has 0 spiro atoms. The Hall–Kier alpha value is -3.40. The number of methoxy groups -OCH3 is 1. The summed E-state index contributed by atoms with van der Waals surface area (Å²) in [6.07, 6.45) is 10.1. The number of hydrogen-bond acceptors (Lipinski definition) is 4. The lowest BCUT2D eigenvalue weighted by molar-refractivity contribution is -0.127. The zero-order valence-corrected chi connectivity index (χ0v) is 22.1. The Morgan fingerprint density at radius 1 is 0.914 bits per heavy atom. The number of ketones is 2. The maximum atomic E-state index is 14.1. The van der Waals surface area contributed by atoms with Gasteiger partial charge in [0, 0.05) is 5.57 Å². The summed E-state index contributed by atoms with van der Waals surface area (Å²) < 4.78 is 5.86. The van der Waals surface area contributed by atoms with Crippen LogP contribution in [0, 0.1) is 5.41 Å². The number of benzene rings is 1. The number of carbonyl (C=O) groups excluding carboxylic acids is 2. The van der Waals surface area contributed by atoms with E-state index in [-0.39, 0.29) is 11.3 Å². The normalized spacial score (nSPS) is 15.2. The smallest absolute Gasteiger partial charge is 0.193 e. The van der Waals surface area contributed by atoms with Gasteiger partial charge < -0.3 is 9.84 Å². The van der Waals surface area contributed by atoms with Crippen LogP contribution < -0.4 is 0 Å². The van der Waals surface area contributed by atoms with E-state index in [1.165, 1.54) is 13.2 Å². The van der Waals surface area contributed by atoms with Crippen molar-refractivity contribution in [3.63, 3.8) is 0 Å². The molecule has 4 nitrogen and oxygen atoms in total. The fraction of sp³-hybridized carbons (Fsp3) is 0.355. The number of carbonyl (C=O) groups is 2. The molecule has 1 aromatic carbocycles. The summed E-state index contributed by atoms with van der Waals surface area (Å²) in [5.74, 6) is -0.793. The van der Waals surface area contributed by atoms with Crippen molar-refractivity contribution in [1.29, 1.82) is 0 Å². The topological polar surface area (TPSA) is 63.6 Å². The first kappa shape index (κ1) is 27.8.